The number of amides is 2. The van der Waals surface area contributed by atoms with Crippen LogP contribution in [0.5, 0.6) is 0 Å². The number of para-hydroxylation sites is 1. The average Bonchev–Trinajstić information content (AvgIpc) is 3.19. The average molecular weight is 397 g/mol. The molecule has 5 fully saturated rings. The SMILES string of the molecule is O=C(C[NH2+]C12CC3CC(CC(C3)C1)C2)Nc1ccccc1C(=O)NC1CCCC1. The Labute approximate surface area is 173 Å². The van der Waals surface area contributed by atoms with Crippen molar-refractivity contribution in [3.05, 3.63) is 29.8 Å². The van der Waals surface area contributed by atoms with Crippen molar-refractivity contribution in [2.24, 2.45) is 17.8 Å². The summed E-state index contributed by atoms with van der Waals surface area (Å²) in [6.07, 6.45) is 12.6. The Morgan fingerprint density at radius 3 is 2.24 bits per heavy atom. The molecule has 0 heterocycles. The van der Waals surface area contributed by atoms with Crippen molar-refractivity contribution in [1.82, 2.24) is 5.32 Å². The van der Waals surface area contributed by atoms with Crippen molar-refractivity contribution < 1.29 is 14.9 Å². The van der Waals surface area contributed by atoms with Gasteiger partial charge in [0.1, 0.15) is 0 Å². The summed E-state index contributed by atoms with van der Waals surface area (Å²) in [5, 5.41) is 8.48. The summed E-state index contributed by atoms with van der Waals surface area (Å²) in [4.78, 5) is 25.5. The van der Waals surface area contributed by atoms with Gasteiger partial charge in [0, 0.05) is 25.3 Å². The molecule has 0 atom stereocenters. The first-order valence-corrected chi connectivity index (χ1v) is 11.6. The highest BCUT2D eigenvalue weighted by atomic mass is 16.2. The summed E-state index contributed by atoms with van der Waals surface area (Å²) < 4.78 is 0. The molecule has 4 bridgehead atoms. The van der Waals surface area contributed by atoms with Gasteiger partial charge in [0.05, 0.1) is 16.8 Å². The van der Waals surface area contributed by atoms with Crippen LogP contribution in [-0.2, 0) is 4.79 Å². The number of carbonyl (C=O) groups is 2. The molecule has 156 valence electrons. The number of hydrogen-bond donors (Lipinski definition) is 3. The Kier molecular flexibility index (Phi) is 5.10. The van der Waals surface area contributed by atoms with Crippen molar-refractivity contribution >= 4 is 17.5 Å². The maximum Gasteiger partial charge on any atom is 0.279 e. The second-order valence-corrected chi connectivity index (χ2v) is 10.2. The third-order valence-corrected chi connectivity index (χ3v) is 7.94. The van der Waals surface area contributed by atoms with E-state index in [2.05, 4.69) is 16.0 Å². The van der Waals surface area contributed by atoms with Gasteiger partial charge < -0.3 is 16.0 Å². The lowest BCUT2D eigenvalue weighted by Gasteiger charge is -2.54. The highest BCUT2D eigenvalue weighted by Crippen LogP contribution is 2.54. The van der Waals surface area contributed by atoms with Crippen LogP contribution in [0.2, 0.25) is 0 Å². The Morgan fingerprint density at radius 2 is 1.59 bits per heavy atom. The fourth-order valence-corrected chi connectivity index (χ4v) is 7.06. The van der Waals surface area contributed by atoms with Crippen LogP contribution >= 0.6 is 0 Å². The molecule has 0 unspecified atom stereocenters. The van der Waals surface area contributed by atoms with E-state index < -0.39 is 0 Å². The second kappa shape index (κ2) is 7.75. The lowest BCUT2D eigenvalue weighted by Crippen LogP contribution is -3.00. The Morgan fingerprint density at radius 1 is 0.966 bits per heavy atom. The van der Waals surface area contributed by atoms with Gasteiger partial charge in [-0.1, -0.05) is 25.0 Å². The summed E-state index contributed by atoms with van der Waals surface area (Å²) in [6, 6.07) is 7.66. The number of benzene rings is 1. The monoisotopic (exact) mass is 396 g/mol. The van der Waals surface area contributed by atoms with Gasteiger partial charge in [0.15, 0.2) is 6.54 Å². The van der Waals surface area contributed by atoms with E-state index in [1.165, 1.54) is 51.4 Å². The number of carbonyl (C=O) groups excluding carboxylic acids is 2. The molecule has 5 aliphatic carbocycles. The largest absolute Gasteiger partial charge is 0.349 e. The first-order chi connectivity index (χ1) is 14.1. The Balaban J connectivity index is 1.19. The number of nitrogens with two attached hydrogens (primary N) is 1. The van der Waals surface area contributed by atoms with Crippen LogP contribution in [0.15, 0.2) is 24.3 Å². The molecule has 0 radical (unpaired) electrons. The van der Waals surface area contributed by atoms with Crippen LogP contribution in [-0.4, -0.2) is 29.9 Å². The van der Waals surface area contributed by atoms with Crippen LogP contribution in [0.3, 0.4) is 0 Å². The third kappa shape index (κ3) is 4.07. The predicted molar refractivity (Wildman–Crippen MR) is 112 cm³/mol. The normalized spacial score (nSPS) is 33.0. The molecular formula is C24H34N3O2+. The minimum Gasteiger partial charge on any atom is -0.349 e. The van der Waals surface area contributed by atoms with Crippen LogP contribution in [0.4, 0.5) is 5.69 Å². The molecule has 0 spiro atoms. The Bertz CT molecular complexity index is 749. The second-order valence-electron chi connectivity index (χ2n) is 10.2. The lowest BCUT2D eigenvalue weighted by molar-refractivity contribution is -0.729. The quantitative estimate of drug-likeness (QED) is 0.692. The van der Waals surface area contributed by atoms with E-state index >= 15 is 0 Å². The summed E-state index contributed by atoms with van der Waals surface area (Å²) in [7, 11) is 0. The molecule has 5 aliphatic rings. The molecule has 1 aromatic rings. The number of anilines is 1. The van der Waals surface area contributed by atoms with Gasteiger partial charge in [-0.05, 0) is 62.0 Å². The van der Waals surface area contributed by atoms with Crippen LogP contribution in [0.1, 0.15) is 74.6 Å². The highest BCUT2D eigenvalue weighted by molar-refractivity contribution is 6.04. The van der Waals surface area contributed by atoms with Crippen molar-refractivity contribution in [1.29, 1.82) is 0 Å². The van der Waals surface area contributed by atoms with E-state index in [1.54, 1.807) is 0 Å². The van der Waals surface area contributed by atoms with Crippen LogP contribution < -0.4 is 16.0 Å². The molecule has 5 nitrogen and oxygen atoms in total. The van der Waals surface area contributed by atoms with Gasteiger partial charge >= 0.3 is 0 Å². The van der Waals surface area contributed by atoms with Gasteiger partial charge in [0.25, 0.3) is 11.8 Å². The molecule has 29 heavy (non-hydrogen) atoms. The van der Waals surface area contributed by atoms with E-state index in [4.69, 9.17) is 0 Å². The van der Waals surface area contributed by atoms with Crippen molar-refractivity contribution in [2.75, 3.05) is 11.9 Å². The molecule has 6 rings (SSSR count). The van der Waals surface area contributed by atoms with Gasteiger partial charge in [-0.25, -0.2) is 0 Å². The number of hydrogen-bond acceptors (Lipinski definition) is 2. The molecule has 5 heteroatoms. The van der Waals surface area contributed by atoms with E-state index in [0.717, 1.165) is 30.6 Å². The van der Waals surface area contributed by atoms with Crippen LogP contribution in [0, 0.1) is 17.8 Å². The first kappa shape index (κ1) is 19.1. The van der Waals surface area contributed by atoms with Gasteiger partial charge in [0.2, 0.25) is 0 Å². The van der Waals surface area contributed by atoms with E-state index in [0.29, 0.717) is 23.3 Å². The zero-order chi connectivity index (χ0) is 19.8. The summed E-state index contributed by atoms with van der Waals surface area (Å²) >= 11 is 0. The topological polar surface area (TPSA) is 74.8 Å². The maximum absolute atomic E-state index is 12.8. The molecule has 0 saturated heterocycles. The number of quaternary nitrogens is 1. The fraction of sp³-hybridized carbons (Fsp3) is 0.667. The summed E-state index contributed by atoms with van der Waals surface area (Å²) in [6.45, 7) is 0.449. The first-order valence-electron chi connectivity index (χ1n) is 11.6. The van der Waals surface area contributed by atoms with Crippen molar-refractivity contribution in [3.8, 4) is 0 Å². The van der Waals surface area contributed by atoms with Crippen molar-refractivity contribution in [2.45, 2.75) is 75.8 Å². The van der Waals surface area contributed by atoms with E-state index in [1.807, 2.05) is 24.3 Å². The summed E-state index contributed by atoms with van der Waals surface area (Å²) in [5.74, 6) is 2.60. The lowest BCUT2D eigenvalue weighted by atomic mass is 9.53. The fourth-order valence-electron chi connectivity index (χ4n) is 7.06. The molecule has 1 aromatic carbocycles. The Hall–Kier alpha value is -1.88. The predicted octanol–water partition coefficient (Wildman–Crippen LogP) is 2.83. The minimum absolute atomic E-state index is 0.00172. The molecule has 5 saturated carbocycles. The van der Waals surface area contributed by atoms with Gasteiger partial charge in [-0.15, -0.1) is 0 Å². The summed E-state index contributed by atoms with van der Waals surface area (Å²) in [5.41, 5.74) is 1.50. The number of rotatable bonds is 6. The van der Waals surface area contributed by atoms with Crippen LogP contribution in [0.25, 0.3) is 0 Å². The molecule has 2 amide bonds. The molecular weight excluding hydrogens is 362 g/mol. The molecule has 0 aliphatic heterocycles. The highest BCUT2D eigenvalue weighted by Gasteiger charge is 2.53. The number of nitrogens with one attached hydrogen (secondary N) is 2. The van der Waals surface area contributed by atoms with E-state index in [9.17, 15) is 9.59 Å². The molecule has 0 aromatic heterocycles. The standard InChI is InChI=1S/C24H33N3O2/c28-22(15-25-24-12-16-9-17(13-24)11-18(10-16)14-24)27-21-8-4-3-7-20(21)23(29)26-19-5-1-2-6-19/h3-4,7-8,16-19,25H,1-2,5-6,9-15H2,(H,26,29)(H,27,28)/p+1. The maximum atomic E-state index is 12.8. The minimum atomic E-state index is -0.0714. The van der Waals surface area contributed by atoms with Crippen molar-refractivity contribution in [3.63, 3.8) is 0 Å². The smallest absolute Gasteiger partial charge is 0.279 e. The zero-order valence-electron chi connectivity index (χ0n) is 17.3. The van der Waals surface area contributed by atoms with Gasteiger partial charge in [-0.3, -0.25) is 9.59 Å². The molecule has 4 N–H and O–H groups in total. The van der Waals surface area contributed by atoms with E-state index in [-0.39, 0.29) is 17.9 Å². The zero-order valence-corrected chi connectivity index (χ0v) is 17.3. The third-order valence-electron chi connectivity index (χ3n) is 7.94. The van der Waals surface area contributed by atoms with Gasteiger partial charge in [-0.2, -0.15) is 0 Å².